The largest absolute Gasteiger partial charge is 0.478 e. The molecule has 0 radical (unpaired) electrons. The predicted octanol–water partition coefficient (Wildman–Crippen LogP) is 1.85. The Morgan fingerprint density at radius 2 is 2.10 bits per heavy atom. The quantitative estimate of drug-likeness (QED) is 0.810. The molecule has 0 spiro atoms. The number of carboxylic acids is 1. The number of carbonyl (C=O) groups is 3. The van der Waals surface area contributed by atoms with Gasteiger partial charge in [0.05, 0.1) is 12.1 Å². The number of rotatable bonds is 5. The van der Waals surface area contributed by atoms with Gasteiger partial charge in [-0.3, -0.25) is 9.69 Å². The summed E-state index contributed by atoms with van der Waals surface area (Å²) in [7, 11) is 0. The van der Waals surface area contributed by atoms with Gasteiger partial charge in [0.1, 0.15) is 6.04 Å². The molecule has 1 fully saturated rings. The van der Waals surface area contributed by atoms with Gasteiger partial charge in [0.2, 0.25) is 0 Å². The van der Waals surface area contributed by atoms with Crippen molar-refractivity contribution in [1.82, 2.24) is 10.2 Å². The lowest BCUT2D eigenvalue weighted by Gasteiger charge is -2.14. The molecule has 21 heavy (non-hydrogen) atoms. The number of hydrogen-bond acceptors (Lipinski definition) is 3. The molecule has 112 valence electrons. The van der Waals surface area contributed by atoms with Crippen LogP contribution in [-0.2, 0) is 11.3 Å². The van der Waals surface area contributed by atoms with Gasteiger partial charge < -0.3 is 10.4 Å². The van der Waals surface area contributed by atoms with Gasteiger partial charge in [-0.1, -0.05) is 26.0 Å². The van der Waals surface area contributed by atoms with E-state index in [0.29, 0.717) is 17.9 Å². The van der Waals surface area contributed by atoms with Crippen molar-refractivity contribution in [2.45, 2.75) is 32.9 Å². The maximum Gasteiger partial charge on any atom is 0.335 e. The Morgan fingerprint density at radius 3 is 2.71 bits per heavy atom. The average Bonchev–Trinajstić information content (AvgIpc) is 2.66. The highest BCUT2D eigenvalue weighted by Gasteiger charge is 2.37. The first kappa shape index (κ1) is 15.0. The number of hydrogen-bond donors (Lipinski definition) is 2. The first-order valence-corrected chi connectivity index (χ1v) is 6.82. The molecule has 2 rings (SSSR count). The third-order valence-electron chi connectivity index (χ3n) is 3.33. The molecule has 1 aromatic carbocycles. The molecular formula is C15H18N2O4. The SMILES string of the molecule is CC(C)CC1NC(=O)N(Cc2cccc(C(=O)O)c2)C1=O. The lowest BCUT2D eigenvalue weighted by atomic mass is 10.0. The first-order chi connectivity index (χ1) is 9.88. The molecule has 1 atom stereocenters. The summed E-state index contributed by atoms with van der Waals surface area (Å²) < 4.78 is 0. The number of nitrogens with one attached hydrogen (secondary N) is 1. The van der Waals surface area contributed by atoms with Crippen LogP contribution >= 0.6 is 0 Å². The number of benzene rings is 1. The summed E-state index contributed by atoms with van der Waals surface area (Å²) in [5, 5.41) is 11.6. The first-order valence-electron chi connectivity index (χ1n) is 6.82. The van der Waals surface area contributed by atoms with Crippen molar-refractivity contribution in [2.24, 2.45) is 5.92 Å². The van der Waals surface area contributed by atoms with E-state index < -0.39 is 18.0 Å². The van der Waals surface area contributed by atoms with Crippen LogP contribution in [0.25, 0.3) is 0 Å². The second kappa shape index (κ2) is 5.95. The maximum absolute atomic E-state index is 12.2. The lowest BCUT2D eigenvalue weighted by molar-refractivity contribution is -0.128. The van der Waals surface area contributed by atoms with Crippen LogP contribution in [0.5, 0.6) is 0 Å². The van der Waals surface area contributed by atoms with Gasteiger partial charge >= 0.3 is 12.0 Å². The molecular weight excluding hydrogens is 272 g/mol. The van der Waals surface area contributed by atoms with Crippen molar-refractivity contribution >= 4 is 17.9 Å². The standard InChI is InChI=1S/C15H18N2O4/c1-9(2)6-12-13(18)17(15(21)16-12)8-10-4-3-5-11(7-10)14(19)20/h3-5,7,9,12H,6,8H2,1-2H3,(H,16,21)(H,19,20). The zero-order chi connectivity index (χ0) is 15.6. The van der Waals surface area contributed by atoms with Gasteiger partial charge in [-0.15, -0.1) is 0 Å². The van der Waals surface area contributed by atoms with Crippen molar-refractivity contribution in [2.75, 3.05) is 0 Å². The number of imide groups is 1. The van der Waals surface area contributed by atoms with E-state index in [0.717, 1.165) is 4.90 Å². The average molecular weight is 290 g/mol. The van der Waals surface area contributed by atoms with Crippen LogP contribution in [0.15, 0.2) is 24.3 Å². The van der Waals surface area contributed by atoms with E-state index in [2.05, 4.69) is 5.32 Å². The van der Waals surface area contributed by atoms with Gasteiger partial charge in [-0.25, -0.2) is 9.59 Å². The van der Waals surface area contributed by atoms with Crippen molar-refractivity contribution in [1.29, 1.82) is 0 Å². The molecule has 3 amide bonds. The monoisotopic (exact) mass is 290 g/mol. The Labute approximate surface area is 122 Å². The fourth-order valence-corrected chi connectivity index (χ4v) is 2.34. The van der Waals surface area contributed by atoms with E-state index in [1.165, 1.54) is 12.1 Å². The number of amides is 3. The van der Waals surface area contributed by atoms with E-state index >= 15 is 0 Å². The molecule has 1 heterocycles. The molecule has 1 aliphatic rings. The summed E-state index contributed by atoms with van der Waals surface area (Å²) in [6.07, 6.45) is 0.593. The zero-order valence-electron chi connectivity index (χ0n) is 12.0. The molecule has 1 aliphatic heterocycles. The summed E-state index contributed by atoms with van der Waals surface area (Å²) in [5.41, 5.74) is 0.752. The van der Waals surface area contributed by atoms with E-state index in [1.807, 2.05) is 13.8 Å². The van der Waals surface area contributed by atoms with Crippen LogP contribution in [0.3, 0.4) is 0 Å². The van der Waals surface area contributed by atoms with Crippen molar-refractivity contribution in [3.63, 3.8) is 0 Å². The minimum absolute atomic E-state index is 0.0837. The Morgan fingerprint density at radius 1 is 1.38 bits per heavy atom. The molecule has 0 aromatic heterocycles. The Balaban J connectivity index is 2.12. The smallest absolute Gasteiger partial charge is 0.335 e. The van der Waals surface area contributed by atoms with Gasteiger partial charge in [-0.2, -0.15) is 0 Å². The summed E-state index contributed by atoms with van der Waals surface area (Å²) >= 11 is 0. The van der Waals surface area contributed by atoms with Crippen LogP contribution in [0.1, 0.15) is 36.2 Å². The molecule has 6 nitrogen and oxygen atoms in total. The zero-order valence-corrected chi connectivity index (χ0v) is 12.0. The molecule has 0 saturated carbocycles. The van der Waals surface area contributed by atoms with Crippen molar-refractivity contribution < 1.29 is 19.5 Å². The van der Waals surface area contributed by atoms with Crippen LogP contribution in [0.2, 0.25) is 0 Å². The van der Waals surface area contributed by atoms with Crippen molar-refractivity contribution in [3.8, 4) is 0 Å². The fourth-order valence-electron chi connectivity index (χ4n) is 2.34. The molecule has 0 bridgehead atoms. The van der Waals surface area contributed by atoms with Gasteiger partial charge in [0.25, 0.3) is 5.91 Å². The lowest BCUT2D eigenvalue weighted by Crippen LogP contribution is -2.31. The second-order valence-corrected chi connectivity index (χ2v) is 5.56. The van der Waals surface area contributed by atoms with Crippen LogP contribution < -0.4 is 5.32 Å². The minimum Gasteiger partial charge on any atom is -0.478 e. The summed E-state index contributed by atoms with van der Waals surface area (Å²) in [5.74, 6) is -0.990. The molecule has 0 aliphatic carbocycles. The Hall–Kier alpha value is -2.37. The van der Waals surface area contributed by atoms with Gasteiger partial charge in [0, 0.05) is 0 Å². The van der Waals surface area contributed by atoms with E-state index in [1.54, 1.807) is 12.1 Å². The van der Waals surface area contributed by atoms with Crippen LogP contribution in [-0.4, -0.2) is 34.0 Å². The topological polar surface area (TPSA) is 86.7 Å². The molecule has 2 N–H and O–H groups in total. The second-order valence-electron chi connectivity index (χ2n) is 5.56. The molecule has 1 aromatic rings. The third kappa shape index (κ3) is 3.39. The Kier molecular flexibility index (Phi) is 4.26. The minimum atomic E-state index is -1.04. The molecule has 1 saturated heterocycles. The predicted molar refractivity (Wildman–Crippen MR) is 75.7 cm³/mol. The normalized spacial score (nSPS) is 18.2. The highest BCUT2D eigenvalue weighted by atomic mass is 16.4. The van der Waals surface area contributed by atoms with E-state index in [9.17, 15) is 14.4 Å². The van der Waals surface area contributed by atoms with E-state index in [-0.39, 0.29) is 18.0 Å². The molecule has 6 heteroatoms. The van der Waals surface area contributed by atoms with Crippen molar-refractivity contribution in [3.05, 3.63) is 35.4 Å². The number of carboxylic acid groups (broad SMARTS) is 1. The number of nitrogens with zero attached hydrogens (tertiary/aromatic N) is 1. The summed E-state index contributed by atoms with van der Waals surface area (Å²) in [6.45, 7) is 4.05. The molecule has 1 unspecified atom stereocenters. The highest BCUT2D eigenvalue weighted by molar-refractivity contribution is 6.04. The third-order valence-corrected chi connectivity index (χ3v) is 3.33. The summed E-state index contributed by atoms with van der Waals surface area (Å²) in [4.78, 5) is 36.1. The Bertz CT molecular complexity index is 583. The van der Waals surface area contributed by atoms with Gasteiger partial charge in [-0.05, 0) is 30.0 Å². The number of carbonyl (C=O) groups excluding carboxylic acids is 2. The van der Waals surface area contributed by atoms with Gasteiger partial charge in [0.15, 0.2) is 0 Å². The fraction of sp³-hybridized carbons (Fsp3) is 0.400. The van der Waals surface area contributed by atoms with Crippen LogP contribution in [0.4, 0.5) is 4.79 Å². The van der Waals surface area contributed by atoms with E-state index in [4.69, 9.17) is 5.11 Å². The number of urea groups is 1. The maximum atomic E-state index is 12.2. The summed E-state index contributed by atoms with van der Waals surface area (Å²) in [6, 6.07) is 5.33. The number of aromatic carboxylic acids is 1. The van der Waals surface area contributed by atoms with Crippen LogP contribution in [0, 0.1) is 5.92 Å². The highest BCUT2D eigenvalue weighted by Crippen LogP contribution is 2.17.